The number of anilines is 3. The molecule has 1 atom stereocenters. The predicted molar refractivity (Wildman–Crippen MR) is 182 cm³/mol. The lowest BCUT2D eigenvalue weighted by molar-refractivity contribution is 0.0575. The third-order valence-corrected chi connectivity index (χ3v) is 13.1. The van der Waals surface area contributed by atoms with Crippen molar-refractivity contribution >= 4 is 31.7 Å². The van der Waals surface area contributed by atoms with Gasteiger partial charge in [-0.2, -0.15) is 10.5 Å². The van der Waals surface area contributed by atoms with Crippen LogP contribution in [0, 0.1) is 22.7 Å². The van der Waals surface area contributed by atoms with Gasteiger partial charge in [0.25, 0.3) is 0 Å². The fourth-order valence-corrected chi connectivity index (χ4v) is 6.20. The summed E-state index contributed by atoms with van der Waals surface area (Å²) in [5.74, 6) is 0.338. The first kappa shape index (κ1) is 34.5. The van der Waals surface area contributed by atoms with E-state index in [-0.39, 0.29) is 5.04 Å². The zero-order valence-electron chi connectivity index (χ0n) is 28.7. The van der Waals surface area contributed by atoms with Crippen molar-refractivity contribution in [1.29, 1.82) is 10.5 Å². The van der Waals surface area contributed by atoms with E-state index in [0.29, 0.717) is 52.9 Å². The fraction of sp³-hybridized carbons (Fsp3) is 0.486. The minimum absolute atomic E-state index is 0.00105. The molecule has 0 fully saturated rings. The van der Waals surface area contributed by atoms with Gasteiger partial charge in [-0.1, -0.05) is 41.0 Å². The highest BCUT2D eigenvalue weighted by atomic mass is 28.4. The van der Waals surface area contributed by atoms with Gasteiger partial charge in [0.15, 0.2) is 8.32 Å². The largest absolute Gasteiger partial charge is 0.443 e. The SMILES string of the molecule is CCCc1ncc(C#N)cc1Nc1nccc(-c2cc(C#N)c3c(c2)[C@@](C)(CO[Si](C)(C)C(C)(C)C)CN3C(=O)OC(C)(C)C)n1. The maximum absolute atomic E-state index is 13.5. The van der Waals surface area contributed by atoms with Gasteiger partial charge in [0.05, 0.1) is 33.9 Å². The molecule has 0 saturated carbocycles. The van der Waals surface area contributed by atoms with Crippen molar-refractivity contribution in [1.82, 2.24) is 15.0 Å². The van der Waals surface area contributed by atoms with Gasteiger partial charge >= 0.3 is 6.09 Å². The Kier molecular flexibility index (Phi) is 9.63. The minimum Gasteiger partial charge on any atom is -0.443 e. The number of nitrogens with one attached hydrogen (secondary N) is 1. The third-order valence-electron chi connectivity index (χ3n) is 8.61. The summed E-state index contributed by atoms with van der Waals surface area (Å²) < 4.78 is 12.5. The molecule has 0 radical (unpaired) electrons. The van der Waals surface area contributed by atoms with E-state index in [4.69, 9.17) is 14.1 Å². The lowest BCUT2D eigenvalue weighted by atomic mass is 9.83. The summed E-state index contributed by atoms with van der Waals surface area (Å²) >= 11 is 0. The number of amides is 1. The topological polar surface area (TPSA) is 137 Å². The first-order chi connectivity index (χ1) is 21.4. The van der Waals surface area contributed by atoms with Crippen molar-refractivity contribution in [2.75, 3.05) is 23.4 Å². The normalized spacial score (nSPS) is 16.4. The van der Waals surface area contributed by atoms with E-state index in [2.05, 4.69) is 75.1 Å². The van der Waals surface area contributed by atoms with Crippen LogP contribution in [0.15, 0.2) is 36.7 Å². The van der Waals surface area contributed by atoms with E-state index in [1.54, 1.807) is 35.5 Å². The zero-order valence-corrected chi connectivity index (χ0v) is 29.7. The van der Waals surface area contributed by atoms with E-state index in [1.165, 1.54) is 0 Å². The van der Waals surface area contributed by atoms with Crippen molar-refractivity contribution in [3.05, 3.63) is 59.0 Å². The second-order valence-electron chi connectivity index (χ2n) is 14.7. The number of nitriles is 2. The van der Waals surface area contributed by atoms with E-state index >= 15 is 0 Å². The second-order valence-corrected chi connectivity index (χ2v) is 19.5. The number of fused-ring (bicyclic) bond motifs is 1. The maximum atomic E-state index is 13.5. The second kappa shape index (κ2) is 12.8. The number of hydrogen-bond donors (Lipinski definition) is 1. The van der Waals surface area contributed by atoms with Crippen LogP contribution in [-0.2, 0) is 21.0 Å². The molecular weight excluding hydrogens is 595 g/mol. The average Bonchev–Trinajstić information content (AvgIpc) is 3.28. The molecule has 1 amide bonds. The third kappa shape index (κ3) is 7.38. The molecule has 1 aliphatic rings. The molecule has 0 aliphatic carbocycles. The average molecular weight is 640 g/mol. The van der Waals surface area contributed by atoms with Crippen LogP contribution in [0.25, 0.3) is 11.3 Å². The molecule has 0 unspecified atom stereocenters. The lowest BCUT2D eigenvalue weighted by Crippen LogP contribution is -2.46. The molecule has 46 heavy (non-hydrogen) atoms. The number of aromatic nitrogens is 3. The van der Waals surface area contributed by atoms with E-state index in [9.17, 15) is 15.3 Å². The molecule has 11 heteroatoms. The van der Waals surface area contributed by atoms with Gasteiger partial charge in [-0.05, 0) is 75.2 Å². The van der Waals surface area contributed by atoms with Gasteiger partial charge in [-0.3, -0.25) is 9.88 Å². The number of nitrogens with zero attached hydrogens (tertiary/aromatic N) is 6. The Hall–Kier alpha value is -4.32. The van der Waals surface area contributed by atoms with Crippen molar-refractivity contribution in [3.63, 3.8) is 0 Å². The lowest BCUT2D eigenvalue weighted by Gasteiger charge is -2.39. The summed E-state index contributed by atoms with van der Waals surface area (Å²) in [7, 11) is -2.14. The van der Waals surface area contributed by atoms with E-state index in [1.807, 2.05) is 26.8 Å². The summed E-state index contributed by atoms with van der Waals surface area (Å²) in [6.45, 7) is 21.3. The number of aryl methyl sites for hydroxylation is 1. The summed E-state index contributed by atoms with van der Waals surface area (Å²) in [6.07, 6.45) is 4.33. The van der Waals surface area contributed by atoms with Crippen LogP contribution < -0.4 is 10.2 Å². The number of carbonyl (C=O) groups is 1. The van der Waals surface area contributed by atoms with Gasteiger partial charge in [-0.25, -0.2) is 14.8 Å². The number of carbonyl (C=O) groups excluding carboxylic acids is 1. The van der Waals surface area contributed by atoms with Crippen LogP contribution in [-0.4, -0.2) is 48.1 Å². The molecule has 4 rings (SSSR count). The Morgan fingerprint density at radius 2 is 1.83 bits per heavy atom. The first-order valence-electron chi connectivity index (χ1n) is 15.6. The molecule has 1 N–H and O–H groups in total. The Morgan fingerprint density at radius 3 is 2.43 bits per heavy atom. The van der Waals surface area contributed by atoms with Gasteiger partial charge in [0.2, 0.25) is 5.95 Å². The van der Waals surface area contributed by atoms with Crippen LogP contribution in [0.2, 0.25) is 18.1 Å². The van der Waals surface area contributed by atoms with Crippen LogP contribution in [0.4, 0.5) is 22.1 Å². The molecule has 0 saturated heterocycles. The summed E-state index contributed by atoms with van der Waals surface area (Å²) in [5.41, 5.74) is 3.63. The van der Waals surface area contributed by atoms with Crippen molar-refractivity contribution < 1.29 is 14.0 Å². The van der Waals surface area contributed by atoms with Crippen molar-refractivity contribution in [2.24, 2.45) is 0 Å². The van der Waals surface area contributed by atoms with Crippen molar-refractivity contribution in [3.8, 4) is 23.4 Å². The molecular formula is C35H45N7O3Si. The van der Waals surface area contributed by atoms with Gasteiger partial charge in [0, 0.05) is 36.5 Å². The number of rotatable bonds is 8. The fourth-order valence-electron chi connectivity index (χ4n) is 5.08. The predicted octanol–water partition coefficient (Wildman–Crippen LogP) is 8.01. The van der Waals surface area contributed by atoms with Crippen molar-refractivity contribution in [2.45, 2.75) is 97.4 Å². The summed E-state index contributed by atoms with van der Waals surface area (Å²) in [5, 5.41) is 23.1. The molecule has 0 bridgehead atoms. The highest BCUT2D eigenvalue weighted by Gasteiger charge is 2.47. The number of pyridine rings is 1. The monoisotopic (exact) mass is 639 g/mol. The Labute approximate surface area is 273 Å². The number of ether oxygens (including phenoxy) is 1. The molecule has 2 aromatic heterocycles. The molecule has 1 aromatic carbocycles. The van der Waals surface area contributed by atoms with Gasteiger partial charge < -0.3 is 14.5 Å². The molecule has 0 spiro atoms. The molecule has 242 valence electrons. The number of hydrogen-bond acceptors (Lipinski definition) is 9. The maximum Gasteiger partial charge on any atom is 0.414 e. The Morgan fingerprint density at radius 1 is 1.11 bits per heavy atom. The Balaban J connectivity index is 1.80. The highest BCUT2D eigenvalue weighted by Crippen LogP contribution is 2.47. The summed E-state index contributed by atoms with van der Waals surface area (Å²) in [6, 6.07) is 11.8. The summed E-state index contributed by atoms with van der Waals surface area (Å²) in [4.78, 5) is 28.8. The molecule has 1 aliphatic heterocycles. The highest BCUT2D eigenvalue weighted by molar-refractivity contribution is 6.74. The van der Waals surface area contributed by atoms with Crippen LogP contribution in [0.3, 0.4) is 0 Å². The van der Waals surface area contributed by atoms with Gasteiger partial charge in [0.1, 0.15) is 17.7 Å². The van der Waals surface area contributed by atoms with E-state index in [0.717, 1.165) is 24.1 Å². The Bertz CT molecular complexity index is 1710. The number of benzene rings is 1. The molecule has 3 aromatic rings. The first-order valence-corrected chi connectivity index (χ1v) is 18.5. The van der Waals surface area contributed by atoms with Crippen LogP contribution in [0.1, 0.15) is 84.2 Å². The van der Waals surface area contributed by atoms with Gasteiger partial charge in [-0.15, -0.1) is 0 Å². The van der Waals surface area contributed by atoms with Crippen LogP contribution in [0.5, 0.6) is 0 Å². The molecule has 3 heterocycles. The zero-order chi connectivity index (χ0) is 34.1. The molecule has 10 nitrogen and oxygen atoms in total. The smallest absolute Gasteiger partial charge is 0.414 e. The standard InChI is InChI=1S/C35H45N7O3Si/c1-11-12-28-29(15-23(18-36)20-39-28)41-31-38-14-13-27(40-31)24-16-25(19-37)30-26(17-24)35(8,22-44-46(9,10)34(5,6)7)21-42(30)32(43)45-33(2,3)4/h13-17,20H,11-12,21-22H2,1-10H3,(H,38,40,41)/t35-/m1/s1. The quantitative estimate of drug-likeness (QED) is 0.243. The minimum atomic E-state index is -2.14. The van der Waals surface area contributed by atoms with Crippen LogP contribution >= 0.6 is 0 Å². The van der Waals surface area contributed by atoms with E-state index < -0.39 is 25.4 Å².